The number of imide groups is 2. The minimum absolute atomic E-state index is 0.217. The number of hydrogen-bond acceptors (Lipinski definition) is 5. The monoisotopic (exact) mass is 433 g/mol. The molecule has 4 rings (SSSR count). The summed E-state index contributed by atoms with van der Waals surface area (Å²) >= 11 is 5.96. The van der Waals surface area contributed by atoms with Crippen molar-refractivity contribution >= 4 is 41.0 Å². The van der Waals surface area contributed by atoms with Crippen molar-refractivity contribution in [2.45, 2.75) is 38.6 Å². The Balaban J connectivity index is 1.45. The fourth-order valence-corrected chi connectivity index (χ4v) is 5.38. The zero-order chi connectivity index (χ0) is 21.6. The Morgan fingerprint density at radius 2 is 2.00 bits per heavy atom. The first-order valence-corrected chi connectivity index (χ1v) is 10.5. The molecule has 1 heterocycles. The largest absolute Gasteiger partial charge is 0.495 e. The molecule has 0 spiro atoms. The number of amides is 5. The van der Waals surface area contributed by atoms with Gasteiger partial charge in [0.2, 0.25) is 5.91 Å². The summed E-state index contributed by atoms with van der Waals surface area (Å²) in [6.45, 7) is 1.27. The maximum absolute atomic E-state index is 12.9. The summed E-state index contributed by atoms with van der Waals surface area (Å²) in [5.41, 5.74) is 0.313. The molecule has 1 aromatic carbocycles. The van der Waals surface area contributed by atoms with Crippen LogP contribution in [0.3, 0.4) is 0 Å². The number of anilines is 1. The van der Waals surface area contributed by atoms with Crippen LogP contribution in [0.25, 0.3) is 0 Å². The van der Waals surface area contributed by atoms with Gasteiger partial charge in [0.25, 0.3) is 0 Å². The SMILES string of the molecule is COc1ccc(Cl)cc1NC(=O)CN1C(=O)C(=O)N([C@H](C)[C@@H]2C[C@H]3CC[C@H]2C3)C1=O. The first-order chi connectivity index (χ1) is 14.3. The number of hydrogen-bond donors (Lipinski definition) is 1. The van der Waals surface area contributed by atoms with E-state index >= 15 is 0 Å². The number of nitrogens with one attached hydrogen (secondary N) is 1. The van der Waals surface area contributed by atoms with Crippen LogP contribution in [0.15, 0.2) is 18.2 Å². The summed E-state index contributed by atoms with van der Waals surface area (Å²) in [4.78, 5) is 52.1. The highest BCUT2D eigenvalue weighted by atomic mass is 35.5. The predicted octanol–water partition coefficient (Wildman–Crippen LogP) is 2.90. The van der Waals surface area contributed by atoms with E-state index in [2.05, 4.69) is 5.32 Å². The van der Waals surface area contributed by atoms with Crippen molar-refractivity contribution < 1.29 is 23.9 Å². The van der Waals surface area contributed by atoms with Crippen LogP contribution in [0.5, 0.6) is 5.75 Å². The number of methoxy groups -OCH3 is 1. The Morgan fingerprint density at radius 1 is 1.23 bits per heavy atom. The van der Waals surface area contributed by atoms with E-state index in [4.69, 9.17) is 16.3 Å². The van der Waals surface area contributed by atoms with E-state index < -0.39 is 30.3 Å². The third-order valence-corrected chi connectivity index (χ3v) is 6.88. The lowest BCUT2D eigenvalue weighted by molar-refractivity contribution is -0.144. The van der Waals surface area contributed by atoms with Gasteiger partial charge in [0.15, 0.2) is 0 Å². The van der Waals surface area contributed by atoms with Crippen molar-refractivity contribution in [2.75, 3.05) is 19.0 Å². The van der Waals surface area contributed by atoms with Gasteiger partial charge in [-0.05, 0) is 62.1 Å². The van der Waals surface area contributed by atoms with E-state index in [-0.39, 0.29) is 12.0 Å². The van der Waals surface area contributed by atoms with Gasteiger partial charge in [-0.25, -0.2) is 9.69 Å². The van der Waals surface area contributed by atoms with Crippen LogP contribution in [0.2, 0.25) is 5.02 Å². The first kappa shape index (κ1) is 20.7. The average Bonchev–Trinajstić information content (AvgIpc) is 3.39. The highest BCUT2D eigenvalue weighted by molar-refractivity contribution is 6.45. The molecule has 30 heavy (non-hydrogen) atoms. The normalized spacial score (nSPS) is 26.5. The van der Waals surface area contributed by atoms with E-state index in [1.165, 1.54) is 19.6 Å². The van der Waals surface area contributed by atoms with E-state index in [1.54, 1.807) is 12.1 Å². The van der Waals surface area contributed by atoms with Gasteiger partial charge in [0.05, 0.1) is 12.8 Å². The number of ether oxygens (including phenoxy) is 1. The van der Waals surface area contributed by atoms with Crippen LogP contribution < -0.4 is 10.1 Å². The minimum atomic E-state index is -0.969. The summed E-state index contributed by atoms with van der Waals surface area (Å²) in [5.74, 6) is -0.705. The van der Waals surface area contributed by atoms with Gasteiger partial charge >= 0.3 is 17.8 Å². The second kappa shape index (κ2) is 7.91. The molecule has 160 valence electrons. The zero-order valence-corrected chi connectivity index (χ0v) is 17.6. The fraction of sp³-hybridized carbons (Fsp3) is 0.524. The molecule has 0 aromatic heterocycles. The Labute approximate surface area is 179 Å². The molecule has 4 atom stereocenters. The number of fused-ring (bicyclic) bond motifs is 2. The third kappa shape index (κ3) is 3.53. The second-order valence-corrected chi connectivity index (χ2v) is 8.76. The minimum Gasteiger partial charge on any atom is -0.495 e. The van der Waals surface area contributed by atoms with Gasteiger partial charge in [0, 0.05) is 11.1 Å². The molecule has 1 N–H and O–H groups in total. The van der Waals surface area contributed by atoms with E-state index in [1.807, 2.05) is 6.92 Å². The second-order valence-electron chi connectivity index (χ2n) is 8.32. The van der Waals surface area contributed by atoms with E-state index in [0.29, 0.717) is 33.2 Å². The lowest BCUT2D eigenvalue weighted by Gasteiger charge is -2.32. The maximum atomic E-state index is 12.9. The molecule has 1 saturated heterocycles. The highest BCUT2D eigenvalue weighted by Gasteiger charge is 2.52. The topological polar surface area (TPSA) is 96.0 Å². The summed E-state index contributed by atoms with van der Waals surface area (Å²) in [6.07, 6.45) is 4.42. The number of urea groups is 1. The molecule has 5 amide bonds. The molecule has 2 saturated carbocycles. The fourth-order valence-electron chi connectivity index (χ4n) is 5.21. The van der Waals surface area contributed by atoms with Gasteiger partial charge in [0.1, 0.15) is 12.3 Å². The molecule has 2 aliphatic carbocycles. The van der Waals surface area contributed by atoms with Gasteiger partial charge in [-0.3, -0.25) is 19.3 Å². The van der Waals surface area contributed by atoms with Crippen molar-refractivity contribution in [1.82, 2.24) is 9.80 Å². The molecule has 2 bridgehead atoms. The Hall–Kier alpha value is -2.61. The molecule has 3 fully saturated rings. The molecular formula is C21H24ClN3O5. The van der Waals surface area contributed by atoms with Crippen molar-refractivity contribution in [3.05, 3.63) is 23.2 Å². The van der Waals surface area contributed by atoms with Gasteiger partial charge in [-0.2, -0.15) is 0 Å². The molecule has 1 aliphatic heterocycles. The summed E-state index contributed by atoms with van der Waals surface area (Å²) in [6, 6.07) is 3.61. The van der Waals surface area contributed by atoms with E-state index in [0.717, 1.165) is 24.2 Å². The number of carbonyl (C=O) groups excluding carboxylic acids is 4. The highest BCUT2D eigenvalue weighted by Crippen LogP contribution is 2.50. The van der Waals surface area contributed by atoms with E-state index in [9.17, 15) is 19.2 Å². The molecule has 8 nitrogen and oxygen atoms in total. The number of halogens is 1. The standard InChI is InChI=1S/C21H24ClN3O5/c1-11(15-8-12-3-4-13(15)7-12)25-20(28)19(27)24(21(25)29)10-18(26)23-16-9-14(22)5-6-17(16)30-2/h5-6,9,11-13,15H,3-4,7-8,10H2,1-2H3,(H,23,26)/t11-,12+,13+,15+/m1/s1. The molecule has 1 aromatic rings. The third-order valence-electron chi connectivity index (χ3n) is 6.64. The van der Waals surface area contributed by atoms with Crippen LogP contribution in [0.1, 0.15) is 32.6 Å². The van der Waals surface area contributed by atoms with Gasteiger partial charge < -0.3 is 10.1 Å². The Kier molecular flexibility index (Phi) is 5.44. The van der Waals surface area contributed by atoms with Crippen LogP contribution in [0.4, 0.5) is 10.5 Å². The molecular weight excluding hydrogens is 410 g/mol. The van der Waals surface area contributed by atoms with Crippen molar-refractivity contribution in [1.29, 1.82) is 0 Å². The van der Waals surface area contributed by atoms with Crippen molar-refractivity contribution in [3.8, 4) is 5.75 Å². The molecule has 9 heteroatoms. The van der Waals surface area contributed by atoms with Crippen LogP contribution in [-0.2, 0) is 14.4 Å². The van der Waals surface area contributed by atoms with Crippen LogP contribution in [0, 0.1) is 17.8 Å². The number of carbonyl (C=O) groups is 4. The average molecular weight is 434 g/mol. The number of rotatable bonds is 6. The van der Waals surface area contributed by atoms with Crippen LogP contribution in [-0.4, -0.2) is 53.2 Å². The summed E-state index contributed by atoms with van der Waals surface area (Å²) in [7, 11) is 1.44. The zero-order valence-electron chi connectivity index (χ0n) is 16.9. The van der Waals surface area contributed by atoms with Crippen molar-refractivity contribution in [2.24, 2.45) is 17.8 Å². The number of nitrogens with zero attached hydrogens (tertiary/aromatic N) is 2. The molecule has 3 aliphatic rings. The lowest BCUT2D eigenvalue weighted by atomic mass is 9.83. The van der Waals surface area contributed by atoms with Crippen LogP contribution >= 0.6 is 11.6 Å². The quantitative estimate of drug-likeness (QED) is 0.549. The van der Waals surface area contributed by atoms with Gasteiger partial charge in [-0.15, -0.1) is 0 Å². The summed E-state index contributed by atoms with van der Waals surface area (Å²) in [5, 5.41) is 2.97. The smallest absolute Gasteiger partial charge is 0.334 e. The molecule has 0 unspecified atom stereocenters. The molecule has 0 radical (unpaired) electrons. The first-order valence-electron chi connectivity index (χ1n) is 10.1. The predicted molar refractivity (Wildman–Crippen MR) is 109 cm³/mol. The Morgan fingerprint density at radius 3 is 2.63 bits per heavy atom. The lowest BCUT2D eigenvalue weighted by Crippen LogP contribution is -2.45. The Bertz CT molecular complexity index is 920. The van der Waals surface area contributed by atoms with Gasteiger partial charge in [-0.1, -0.05) is 18.0 Å². The summed E-state index contributed by atoms with van der Waals surface area (Å²) < 4.78 is 5.18. The maximum Gasteiger partial charge on any atom is 0.334 e. The number of benzene rings is 1. The van der Waals surface area contributed by atoms with Crippen molar-refractivity contribution in [3.63, 3.8) is 0 Å².